The Bertz CT molecular complexity index is 1070. The van der Waals surface area contributed by atoms with E-state index in [0.29, 0.717) is 38.4 Å². The average Bonchev–Trinajstić information content (AvgIpc) is 3.27. The van der Waals surface area contributed by atoms with E-state index in [1.165, 1.54) is 0 Å². The second kappa shape index (κ2) is 10.1. The Labute approximate surface area is 194 Å². The molecule has 7 heteroatoms. The smallest absolute Gasteiger partial charge is 0.270 e. The van der Waals surface area contributed by atoms with Gasteiger partial charge in [0.05, 0.1) is 19.7 Å². The molecule has 4 rings (SSSR count). The topological polar surface area (TPSA) is 77.7 Å². The number of nitrogens with zero attached hydrogens (tertiary/aromatic N) is 2. The Morgan fingerprint density at radius 3 is 2.36 bits per heavy atom. The lowest BCUT2D eigenvalue weighted by molar-refractivity contribution is -0.123. The summed E-state index contributed by atoms with van der Waals surface area (Å²) in [5.74, 6) is 1.06. The average molecular weight is 449 g/mol. The van der Waals surface area contributed by atoms with Gasteiger partial charge in [-0.3, -0.25) is 14.5 Å². The minimum atomic E-state index is -0.0618. The number of aromatic amines is 1. The van der Waals surface area contributed by atoms with Crippen LogP contribution in [0.1, 0.15) is 35.9 Å². The van der Waals surface area contributed by atoms with Gasteiger partial charge in [0.2, 0.25) is 5.91 Å². The zero-order valence-corrected chi connectivity index (χ0v) is 19.5. The lowest BCUT2D eigenvalue weighted by Gasteiger charge is -2.34. The highest BCUT2D eigenvalue weighted by atomic mass is 16.5. The lowest BCUT2D eigenvalue weighted by Crippen LogP contribution is -2.51. The Kier molecular flexibility index (Phi) is 6.99. The number of para-hydroxylation sites is 1. The van der Waals surface area contributed by atoms with Crippen LogP contribution >= 0.6 is 0 Å². The SMILES string of the molecule is COc1ccc(C(NC(=O)CN2CCN(C(=O)c3cc4ccccc4[nH]3)CC2)C(C)C)cc1. The maximum absolute atomic E-state index is 12.9. The van der Waals surface area contributed by atoms with E-state index in [-0.39, 0.29) is 23.8 Å². The highest BCUT2D eigenvalue weighted by Crippen LogP contribution is 2.24. The molecule has 0 bridgehead atoms. The first-order chi connectivity index (χ1) is 15.9. The molecule has 0 spiro atoms. The predicted octanol–water partition coefficient (Wildman–Crippen LogP) is 3.45. The van der Waals surface area contributed by atoms with Crippen LogP contribution in [0.2, 0.25) is 0 Å². The molecule has 3 aromatic rings. The Balaban J connectivity index is 1.30. The lowest BCUT2D eigenvalue weighted by atomic mass is 9.96. The second-order valence-electron chi connectivity index (χ2n) is 8.90. The van der Waals surface area contributed by atoms with E-state index < -0.39 is 0 Å². The van der Waals surface area contributed by atoms with Crippen LogP contribution < -0.4 is 10.1 Å². The summed E-state index contributed by atoms with van der Waals surface area (Å²) in [6.45, 7) is 7.09. The number of nitrogens with one attached hydrogen (secondary N) is 2. The van der Waals surface area contributed by atoms with Gasteiger partial charge in [-0.25, -0.2) is 0 Å². The van der Waals surface area contributed by atoms with Gasteiger partial charge in [0.25, 0.3) is 5.91 Å². The van der Waals surface area contributed by atoms with E-state index in [2.05, 4.69) is 29.0 Å². The number of methoxy groups -OCH3 is 1. The molecule has 2 N–H and O–H groups in total. The molecule has 0 aliphatic carbocycles. The summed E-state index contributed by atoms with van der Waals surface area (Å²) in [6.07, 6.45) is 0. The van der Waals surface area contributed by atoms with Crippen LogP contribution in [-0.2, 0) is 4.79 Å². The number of rotatable bonds is 7. The summed E-state index contributed by atoms with van der Waals surface area (Å²) in [5.41, 5.74) is 2.64. The van der Waals surface area contributed by atoms with Gasteiger partial charge in [-0.15, -0.1) is 0 Å². The van der Waals surface area contributed by atoms with Gasteiger partial charge in [0.1, 0.15) is 11.4 Å². The van der Waals surface area contributed by atoms with Crippen LogP contribution in [0.15, 0.2) is 54.6 Å². The van der Waals surface area contributed by atoms with E-state index in [4.69, 9.17) is 4.74 Å². The van der Waals surface area contributed by atoms with Crippen molar-refractivity contribution in [1.29, 1.82) is 0 Å². The number of amides is 2. The van der Waals surface area contributed by atoms with Crippen LogP contribution in [0.4, 0.5) is 0 Å². The van der Waals surface area contributed by atoms with Gasteiger partial charge >= 0.3 is 0 Å². The number of piperazine rings is 1. The summed E-state index contributed by atoms with van der Waals surface area (Å²) in [7, 11) is 1.64. The van der Waals surface area contributed by atoms with Gasteiger partial charge in [-0.1, -0.05) is 44.2 Å². The number of carbonyl (C=O) groups excluding carboxylic acids is 2. The highest BCUT2D eigenvalue weighted by Gasteiger charge is 2.25. The third-order valence-corrected chi connectivity index (χ3v) is 6.25. The molecule has 1 aliphatic heterocycles. The molecule has 1 unspecified atom stereocenters. The van der Waals surface area contributed by atoms with Crippen LogP contribution in [0.25, 0.3) is 10.9 Å². The number of fused-ring (bicyclic) bond motifs is 1. The maximum Gasteiger partial charge on any atom is 0.270 e. The van der Waals surface area contributed by atoms with E-state index in [0.717, 1.165) is 22.2 Å². The normalized spacial score (nSPS) is 15.6. The molecule has 2 aromatic carbocycles. The molecule has 1 aliphatic rings. The predicted molar refractivity (Wildman–Crippen MR) is 129 cm³/mol. The van der Waals surface area contributed by atoms with E-state index >= 15 is 0 Å². The van der Waals surface area contributed by atoms with Crippen molar-refractivity contribution in [3.8, 4) is 5.75 Å². The number of ether oxygens (including phenoxy) is 1. The molecule has 174 valence electrons. The number of benzene rings is 2. The van der Waals surface area contributed by atoms with Gasteiger partial charge in [-0.2, -0.15) is 0 Å². The number of H-pyrrole nitrogens is 1. The molecule has 33 heavy (non-hydrogen) atoms. The minimum absolute atomic E-state index is 0.0000814. The van der Waals surface area contributed by atoms with Crippen molar-refractivity contribution >= 4 is 22.7 Å². The number of hydrogen-bond donors (Lipinski definition) is 2. The highest BCUT2D eigenvalue weighted by molar-refractivity contribution is 5.98. The van der Waals surface area contributed by atoms with Crippen molar-refractivity contribution in [2.24, 2.45) is 5.92 Å². The fraction of sp³-hybridized carbons (Fsp3) is 0.385. The summed E-state index contributed by atoms with van der Waals surface area (Å²) in [4.78, 5) is 32.9. The quantitative estimate of drug-likeness (QED) is 0.580. The zero-order chi connectivity index (χ0) is 23.4. The molecule has 1 aromatic heterocycles. The third kappa shape index (κ3) is 5.37. The van der Waals surface area contributed by atoms with Crippen molar-refractivity contribution in [3.63, 3.8) is 0 Å². The molecule has 0 saturated carbocycles. The molecule has 1 saturated heterocycles. The molecular weight excluding hydrogens is 416 g/mol. The van der Waals surface area contributed by atoms with Gasteiger partial charge in [0, 0.05) is 37.1 Å². The third-order valence-electron chi connectivity index (χ3n) is 6.25. The molecule has 0 radical (unpaired) electrons. The van der Waals surface area contributed by atoms with Crippen molar-refractivity contribution in [1.82, 2.24) is 20.1 Å². The second-order valence-corrected chi connectivity index (χ2v) is 8.90. The van der Waals surface area contributed by atoms with Gasteiger partial charge < -0.3 is 19.9 Å². The molecular formula is C26H32N4O3. The number of hydrogen-bond acceptors (Lipinski definition) is 4. The molecule has 1 atom stereocenters. The Hall–Kier alpha value is -3.32. The molecule has 2 heterocycles. The first-order valence-corrected chi connectivity index (χ1v) is 11.5. The van der Waals surface area contributed by atoms with E-state index in [1.807, 2.05) is 59.5 Å². The fourth-order valence-electron chi connectivity index (χ4n) is 4.34. The Morgan fingerprint density at radius 1 is 1.03 bits per heavy atom. The van der Waals surface area contributed by atoms with Crippen LogP contribution in [0, 0.1) is 5.92 Å². The van der Waals surface area contributed by atoms with E-state index in [1.54, 1.807) is 7.11 Å². The summed E-state index contributed by atoms with van der Waals surface area (Å²) in [5, 5.41) is 4.22. The van der Waals surface area contributed by atoms with Crippen LogP contribution in [0.3, 0.4) is 0 Å². The fourth-order valence-corrected chi connectivity index (χ4v) is 4.34. The monoisotopic (exact) mass is 448 g/mol. The molecule has 2 amide bonds. The van der Waals surface area contributed by atoms with Crippen molar-refractivity contribution in [2.45, 2.75) is 19.9 Å². The largest absolute Gasteiger partial charge is 0.497 e. The zero-order valence-electron chi connectivity index (χ0n) is 19.5. The molecule has 7 nitrogen and oxygen atoms in total. The van der Waals surface area contributed by atoms with Crippen molar-refractivity contribution in [2.75, 3.05) is 39.8 Å². The summed E-state index contributed by atoms with van der Waals surface area (Å²) in [6, 6.07) is 17.6. The first kappa shape index (κ1) is 22.9. The number of carbonyl (C=O) groups is 2. The van der Waals surface area contributed by atoms with Gasteiger partial charge in [0.15, 0.2) is 0 Å². The summed E-state index contributed by atoms with van der Waals surface area (Å²) < 4.78 is 5.24. The minimum Gasteiger partial charge on any atom is -0.497 e. The standard InChI is InChI=1S/C26H32N4O3/c1-18(2)25(19-8-10-21(33-3)11-9-19)28-24(31)17-29-12-14-30(15-13-29)26(32)23-16-20-6-4-5-7-22(20)27-23/h4-11,16,18,25,27H,12-15,17H2,1-3H3,(H,28,31). The Morgan fingerprint density at radius 2 is 1.73 bits per heavy atom. The van der Waals surface area contributed by atoms with E-state index in [9.17, 15) is 9.59 Å². The van der Waals surface area contributed by atoms with Crippen LogP contribution in [0.5, 0.6) is 5.75 Å². The van der Waals surface area contributed by atoms with Gasteiger partial charge in [-0.05, 0) is 35.7 Å². The van der Waals surface area contributed by atoms with Crippen LogP contribution in [-0.4, -0.2) is 66.4 Å². The van der Waals surface area contributed by atoms with Crippen molar-refractivity contribution < 1.29 is 14.3 Å². The maximum atomic E-state index is 12.9. The van der Waals surface area contributed by atoms with Crippen molar-refractivity contribution in [3.05, 3.63) is 65.9 Å². The summed E-state index contributed by atoms with van der Waals surface area (Å²) >= 11 is 0. The molecule has 1 fully saturated rings. The number of aromatic nitrogens is 1. The first-order valence-electron chi connectivity index (χ1n) is 11.5.